The molecule has 0 heterocycles. The topological polar surface area (TPSA) is 99.3 Å². The zero-order valence-electron chi connectivity index (χ0n) is 17.1. The van der Waals surface area contributed by atoms with Crippen molar-refractivity contribution in [1.82, 2.24) is 16.2 Å². The van der Waals surface area contributed by atoms with Gasteiger partial charge in [0, 0.05) is 24.6 Å². The first-order valence-corrected chi connectivity index (χ1v) is 9.84. The van der Waals surface area contributed by atoms with Crippen molar-refractivity contribution in [2.75, 3.05) is 5.32 Å². The van der Waals surface area contributed by atoms with Crippen LogP contribution in [-0.2, 0) is 14.4 Å². The van der Waals surface area contributed by atoms with Crippen LogP contribution in [-0.4, -0.2) is 22.8 Å². The molecule has 0 aliphatic carbocycles. The fourth-order valence-corrected chi connectivity index (χ4v) is 2.54. The Balaban J connectivity index is 1.67. The smallest absolute Gasteiger partial charge is 0.250 e. The zero-order chi connectivity index (χ0) is 22.8. The Morgan fingerprint density at radius 3 is 2.29 bits per heavy atom. The van der Waals surface area contributed by atoms with Crippen LogP contribution in [0.4, 0.5) is 10.1 Å². The van der Waals surface area contributed by atoms with Crippen LogP contribution in [0.3, 0.4) is 0 Å². The summed E-state index contributed by atoms with van der Waals surface area (Å²) in [6.07, 6.45) is 2.63. The number of nitrogens with one attached hydrogen (secondary N) is 4. The minimum atomic E-state index is -0.524. The lowest BCUT2D eigenvalue weighted by Crippen LogP contribution is -2.48. The third-order valence-corrected chi connectivity index (χ3v) is 4.42. The Hall–Kier alpha value is -3.59. The van der Waals surface area contributed by atoms with E-state index in [0.717, 1.165) is 11.1 Å². The number of rotatable bonds is 6. The van der Waals surface area contributed by atoms with E-state index in [9.17, 15) is 18.8 Å². The maximum atomic E-state index is 12.8. The van der Waals surface area contributed by atoms with Gasteiger partial charge in [0.2, 0.25) is 17.7 Å². The van der Waals surface area contributed by atoms with Gasteiger partial charge in [-0.25, -0.2) is 4.39 Å². The predicted octanol–water partition coefficient (Wildman–Crippen LogP) is 2.90. The molecule has 4 N–H and O–H groups in total. The van der Waals surface area contributed by atoms with E-state index in [2.05, 4.69) is 21.5 Å². The summed E-state index contributed by atoms with van der Waals surface area (Å²) >= 11 is 4.92. The summed E-state index contributed by atoms with van der Waals surface area (Å²) in [7, 11) is 0. The molecule has 9 heteroatoms. The van der Waals surface area contributed by atoms with Gasteiger partial charge in [0.25, 0.3) is 0 Å². The van der Waals surface area contributed by atoms with E-state index in [0.29, 0.717) is 11.3 Å². The second-order valence-electron chi connectivity index (χ2n) is 6.72. The van der Waals surface area contributed by atoms with Crippen LogP contribution in [0.15, 0.2) is 48.5 Å². The molecule has 0 saturated carbocycles. The predicted molar refractivity (Wildman–Crippen MR) is 121 cm³/mol. The van der Waals surface area contributed by atoms with E-state index in [1.807, 2.05) is 26.0 Å². The van der Waals surface area contributed by atoms with Crippen molar-refractivity contribution in [2.45, 2.75) is 26.7 Å². The van der Waals surface area contributed by atoms with Gasteiger partial charge in [0.05, 0.1) is 0 Å². The molecule has 2 aromatic carbocycles. The normalized spacial score (nSPS) is 10.4. The zero-order valence-corrected chi connectivity index (χ0v) is 17.9. The van der Waals surface area contributed by atoms with Crippen molar-refractivity contribution in [3.63, 3.8) is 0 Å². The van der Waals surface area contributed by atoms with Crippen molar-refractivity contribution in [2.24, 2.45) is 0 Å². The number of anilines is 1. The van der Waals surface area contributed by atoms with Crippen molar-refractivity contribution >= 4 is 46.8 Å². The highest BCUT2D eigenvalue weighted by molar-refractivity contribution is 7.80. The van der Waals surface area contributed by atoms with Gasteiger partial charge in [-0.05, 0) is 73.1 Å². The molecule has 0 bridgehead atoms. The van der Waals surface area contributed by atoms with Gasteiger partial charge in [-0.1, -0.05) is 18.2 Å². The molecule has 0 spiro atoms. The average molecular weight is 443 g/mol. The first kappa shape index (κ1) is 23.7. The largest absolute Gasteiger partial charge is 0.326 e. The average Bonchev–Trinajstić information content (AvgIpc) is 2.73. The number of hydrogen-bond acceptors (Lipinski definition) is 4. The molecule has 0 aromatic heterocycles. The number of aryl methyl sites for hydroxylation is 2. The number of amides is 3. The summed E-state index contributed by atoms with van der Waals surface area (Å²) in [5.74, 6) is -1.65. The van der Waals surface area contributed by atoms with Crippen LogP contribution in [0.1, 0.15) is 29.5 Å². The van der Waals surface area contributed by atoms with Crippen molar-refractivity contribution in [3.05, 3.63) is 71.0 Å². The molecule has 0 radical (unpaired) electrons. The molecule has 0 fully saturated rings. The molecule has 2 aromatic rings. The Morgan fingerprint density at radius 2 is 1.61 bits per heavy atom. The minimum absolute atomic E-state index is 0.0139. The van der Waals surface area contributed by atoms with Gasteiger partial charge in [-0.3, -0.25) is 30.6 Å². The van der Waals surface area contributed by atoms with Crippen molar-refractivity contribution < 1.29 is 18.8 Å². The Bertz CT molecular complexity index is 1010. The van der Waals surface area contributed by atoms with E-state index < -0.39 is 11.8 Å². The van der Waals surface area contributed by atoms with Gasteiger partial charge in [-0.15, -0.1) is 0 Å². The quantitative estimate of drug-likeness (QED) is 0.313. The maximum Gasteiger partial charge on any atom is 0.250 e. The molecule has 7 nitrogen and oxygen atoms in total. The monoisotopic (exact) mass is 442 g/mol. The Morgan fingerprint density at radius 1 is 0.935 bits per heavy atom. The summed E-state index contributed by atoms with van der Waals surface area (Å²) in [6, 6.07) is 11.2. The van der Waals surface area contributed by atoms with Crippen LogP contribution < -0.4 is 21.5 Å². The molecule has 3 amide bonds. The number of halogens is 1. The van der Waals surface area contributed by atoms with E-state index >= 15 is 0 Å². The molecule has 0 saturated heterocycles. The first-order chi connectivity index (χ1) is 14.7. The van der Waals surface area contributed by atoms with Gasteiger partial charge in [0.1, 0.15) is 5.82 Å². The van der Waals surface area contributed by atoms with Gasteiger partial charge < -0.3 is 5.32 Å². The molecule has 162 valence electrons. The number of carbonyl (C=O) groups is 3. The summed E-state index contributed by atoms with van der Waals surface area (Å²) in [6.45, 7) is 3.93. The fourth-order valence-electron chi connectivity index (χ4n) is 2.39. The SMILES string of the molecule is Cc1ccc(NC(=O)CCC(=O)NNC(=S)NC(=O)/C=C/c2ccc(F)cc2)cc1C. The third kappa shape index (κ3) is 8.75. The summed E-state index contributed by atoms with van der Waals surface area (Å²) in [5, 5.41) is 4.98. The molecular formula is C22H23FN4O3S. The summed E-state index contributed by atoms with van der Waals surface area (Å²) < 4.78 is 12.8. The molecule has 0 aliphatic heterocycles. The molecule has 2 rings (SSSR count). The van der Waals surface area contributed by atoms with Gasteiger partial charge >= 0.3 is 0 Å². The van der Waals surface area contributed by atoms with Gasteiger partial charge in [-0.2, -0.15) is 0 Å². The lowest BCUT2D eigenvalue weighted by molar-refractivity contribution is -0.124. The Kier molecular flexibility index (Phi) is 8.83. The Labute approximate surface area is 185 Å². The highest BCUT2D eigenvalue weighted by Crippen LogP contribution is 2.14. The van der Waals surface area contributed by atoms with Crippen molar-refractivity contribution in [1.29, 1.82) is 0 Å². The number of benzene rings is 2. The summed E-state index contributed by atoms with van der Waals surface area (Å²) in [5.41, 5.74) is 8.20. The molecular weight excluding hydrogens is 419 g/mol. The van der Waals surface area contributed by atoms with Gasteiger partial charge in [0.15, 0.2) is 5.11 Å². The van der Waals surface area contributed by atoms with Crippen LogP contribution in [0.2, 0.25) is 0 Å². The number of thiocarbonyl (C=S) groups is 1. The molecule has 0 atom stereocenters. The second-order valence-corrected chi connectivity index (χ2v) is 7.13. The first-order valence-electron chi connectivity index (χ1n) is 9.43. The maximum absolute atomic E-state index is 12.8. The third-order valence-electron chi connectivity index (χ3n) is 4.22. The standard InChI is InChI=1S/C22H23FN4O3S/c1-14-3-9-18(13-15(14)2)24-19(28)11-12-21(30)26-27-22(31)25-20(29)10-6-16-4-7-17(23)8-5-16/h3-10,13H,11-12H2,1-2H3,(H,24,28)(H,26,30)(H2,25,27,29,31)/b10-6+. The molecule has 31 heavy (non-hydrogen) atoms. The summed E-state index contributed by atoms with van der Waals surface area (Å²) in [4.78, 5) is 35.6. The highest BCUT2D eigenvalue weighted by atomic mass is 32.1. The lowest BCUT2D eigenvalue weighted by atomic mass is 10.1. The number of hydrazine groups is 1. The van der Waals surface area contributed by atoms with Crippen LogP contribution in [0.5, 0.6) is 0 Å². The van der Waals surface area contributed by atoms with E-state index in [1.54, 1.807) is 6.07 Å². The number of hydrogen-bond donors (Lipinski definition) is 4. The van der Waals surface area contributed by atoms with Crippen molar-refractivity contribution in [3.8, 4) is 0 Å². The van der Waals surface area contributed by atoms with E-state index in [-0.39, 0.29) is 29.7 Å². The molecule has 0 unspecified atom stereocenters. The second kappa shape index (κ2) is 11.6. The number of carbonyl (C=O) groups excluding carboxylic acids is 3. The van der Waals surface area contributed by atoms with Crippen LogP contribution >= 0.6 is 12.2 Å². The lowest BCUT2D eigenvalue weighted by Gasteiger charge is -2.10. The highest BCUT2D eigenvalue weighted by Gasteiger charge is 2.09. The minimum Gasteiger partial charge on any atom is -0.326 e. The van der Waals surface area contributed by atoms with Crippen LogP contribution in [0.25, 0.3) is 6.08 Å². The van der Waals surface area contributed by atoms with E-state index in [4.69, 9.17) is 12.2 Å². The van der Waals surface area contributed by atoms with E-state index in [1.165, 1.54) is 36.4 Å². The van der Waals surface area contributed by atoms with Crippen LogP contribution in [0, 0.1) is 19.7 Å². The molecule has 0 aliphatic rings. The fraction of sp³-hybridized carbons (Fsp3) is 0.182.